The molecule has 0 unspecified atom stereocenters. The Kier molecular flexibility index (Phi) is 7.15. The Bertz CT molecular complexity index is 980. The maximum Gasteiger partial charge on any atom is 0.251 e. The summed E-state index contributed by atoms with van der Waals surface area (Å²) in [6, 6.07) is 4.22. The molecule has 148 valence electrons. The van der Waals surface area contributed by atoms with E-state index in [0.717, 1.165) is 0 Å². The quantitative estimate of drug-likeness (QED) is 0.623. The molecule has 1 amide bonds. The number of hydrogen-bond acceptors (Lipinski definition) is 5. The minimum atomic E-state index is -3.76. The maximum atomic E-state index is 12.7. The highest BCUT2D eigenvalue weighted by atomic mass is 35.5. The molecule has 0 bridgehead atoms. The monoisotopic (exact) mass is 431 g/mol. The number of aromatic nitrogens is 3. The van der Waals surface area contributed by atoms with Gasteiger partial charge in [-0.25, -0.2) is 8.42 Å². The summed E-state index contributed by atoms with van der Waals surface area (Å²) < 4.78 is 28.9. The van der Waals surface area contributed by atoms with E-state index in [-0.39, 0.29) is 21.4 Å². The lowest BCUT2D eigenvalue weighted by molar-refractivity contribution is 0.0953. The molecule has 1 aromatic carbocycles. The van der Waals surface area contributed by atoms with E-state index in [1.54, 1.807) is 25.5 Å². The van der Waals surface area contributed by atoms with Crippen LogP contribution in [-0.4, -0.2) is 53.0 Å². The van der Waals surface area contributed by atoms with Crippen LogP contribution in [0.5, 0.6) is 0 Å². The topological polar surface area (TPSA) is 100 Å². The molecule has 27 heavy (non-hydrogen) atoms. The fraction of sp³-hybridized carbons (Fsp3) is 0.438. The van der Waals surface area contributed by atoms with Gasteiger partial charge in [0.1, 0.15) is 10.7 Å². The van der Waals surface area contributed by atoms with Crippen LogP contribution in [0.3, 0.4) is 0 Å². The lowest BCUT2D eigenvalue weighted by Crippen LogP contribution is -2.31. The Morgan fingerprint density at radius 1 is 1.37 bits per heavy atom. The summed E-state index contributed by atoms with van der Waals surface area (Å²) in [6.07, 6.45) is 0.480. The number of amides is 1. The number of benzene rings is 1. The van der Waals surface area contributed by atoms with Gasteiger partial charge in [0.25, 0.3) is 5.91 Å². The summed E-state index contributed by atoms with van der Waals surface area (Å²) in [4.78, 5) is 12.3. The third kappa shape index (κ3) is 4.75. The first-order valence-electron chi connectivity index (χ1n) is 8.40. The molecular weight excluding hydrogens is 410 g/mol. The molecule has 0 fully saturated rings. The van der Waals surface area contributed by atoms with Crippen molar-refractivity contribution in [3.63, 3.8) is 0 Å². The second-order valence-electron chi connectivity index (χ2n) is 5.74. The summed E-state index contributed by atoms with van der Waals surface area (Å²) in [7, 11) is -1.98. The van der Waals surface area contributed by atoms with Crippen LogP contribution in [-0.2, 0) is 23.5 Å². The van der Waals surface area contributed by atoms with Crippen molar-refractivity contribution in [3.05, 3.63) is 39.4 Å². The number of aromatic amines is 1. The maximum absolute atomic E-state index is 12.7. The minimum absolute atomic E-state index is 0.0741. The molecule has 0 saturated carbocycles. The van der Waals surface area contributed by atoms with Crippen molar-refractivity contribution < 1.29 is 13.2 Å². The van der Waals surface area contributed by atoms with E-state index >= 15 is 0 Å². The molecular formula is C16H22ClN5O3S2. The van der Waals surface area contributed by atoms with Gasteiger partial charge < -0.3 is 9.88 Å². The molecule has 2 N–H and O–H groups in total. The second kappa shape index (κ2) is 8.96. The highest BCUT2D eigenvalue weighted by Gasteiger charge is 2.25. The van der Waals surface area contributed by atoms with Gasteiger partial charge in [0.2, 0.25) is 10.0 Å². The fourth-order valence-electron chi connectivity index (χ4n) is 2.54. The number of hydrogen-bond donors (Lipinski definition) is 2. The summed E-state index contributed by atoms with van der Waals surface area (Å²) >= 11 is 11.1. The van der Waals surface area contributed by atoms with E-state index < -0.39 is 10.0 Å². The van der Waals surface area contributed by atoms with Gasteiger partial charge in [-0.05, 0) is 30.4 Å². The van der Waals surface area contributed by atoms with Gasteiger partial charge in [-0.3, -0.25) is 9.89 Å². The summed E-state index contributed by atoms with van der Waals surface area (Å²) in [5, 5.41) is 9.58. The third-order valence-electron chi connectivity index (χ3n) is 4.12. The predicted octanol–water partition coefficient (Wildman–Crippen LogP) is 2.13. The van der Waals surface area contributed by atoms with Gasteiger partial charge in [-0.1, -0.05) is 25.4 Å². The zero-order chi connectivity index (χ0) is 20.2. The van der Waals surface area contributed by atoms with Crippen molar-refractivity contribution in [1.82, 2.24) is 24.4 Å². The molecule has 2 aromatic rings. The first-order chi connectivity index (χ1) is 12.7. The molecule has 0 aliphatic carbocycles. The molecule has 11 heteroatoms. The van der Waals surface area contributed by atoms with E-state index in [9.17, 15) is 13.2 Å². The molecule has 0 radical (unpaired) electrons. The van der Waals surface area contributed by atoms with E-state index in [1.807, 2.05) is 0 Å². The second-order valence-corrected chi connectivity index (χ2v) is 8.44. The number of carbonyl (C=O) groups is 1. The Hall–Kier alpha value is -1.75. The van der Waals surface area contributed by atoms with Crippen molar-refractivity contribution in [2.45, 2.75) is 25.2 Å². The number of rotatable bonds is 8. The predicted molar refractivity (Wildman–Crippen MR) is 106 cm³/mol. The molecule has 0 saturated heterocycles. The van der Waals surface area contributed by atoms with Crippen LogP contribution in [0.1, 0.15) is 30.0 Å². The first-order valence-corrected chi connectivity index (χ1v) is 10.6. The Morgan fingerprint density at radius 2 is 2.04 bits per heavy atom. The van der Waals surface area contributed by atoms with Crippen LogP contribution >= 0.6 is 23.8 Å². The highest BCUT2D eigenvalue weighted by Crippen LogP contribution is 2.25. The minimum Gasteiger partial charge on any atom is -0.352 e. The SMILES string of the molecule is CCN(CC)S(=O)(=O)c1cc(C(=O)NCCc2n[nH]c(=S)n2C)ccc1Cl. The number of halogens is 1. The van der Waals surface area contributed by atoms with Crippen LogP contribution in [0.25, 0.3) is 0 Å². The number of nitrogens with zero attached hydrogens (tertiary/aromatic N) is 3. The fourth-order valence-corrected chi connectivity index (χ4v) is 4.65. The van der Waals surface area contributed by atoms with E-state index in [1.165, 1.54) is 22.5 Å². The summed E-state index contributed by atoms with van der Waals surface area (Å²) in [6.45, 7) is 4.45. The molecule has 0 spiro atoms. The average Bonchev–Trinajstić information content (AvgIpc) is 2.94. The Labute approximate surface area is 168 Å². The molecule has 0 aliphatic heterocycles. The molecule has 8 nitrogen and oxygen atoms in total. The third-order valence-corrected chi connectivity index (χ3v) is 7.02. The van der Waals surface area contributed by atoms with Gasteiger partial charge >= 0.3 is 0 Å². The lowest BCUT2D eigenvalue weighted by atomic mass is 10.2. The molecule has 1 heterocycles. The van der Waals surface area contributed by atoms with Crippen LogP contribution in [0, 0.1) is 4.77 Å². The van der Waals surface area contributed by atoms with Crippen molar-refractivity contribution >= 4 is 39.7 Å². The van der Waals surface area contributed by atoms with Gasteiger partial charge in [0.15, 0.2) is 4.77 Å². The van der Waals surface area contributed by atoms with Crippen molar-refractivity contribution in [2.24, 2.45) is 7.05 Å². The van der Waals surface area contributed by atoms with Crippen molar-refractivity contribution in [3.8, 4) is 0 Å². The van der Waals surface area contributed by atoms with Gasteiger partial charge in [-0.15, -0.1) is 0 Å². The largest absolute Gasteiger partial charge is 0.352 e. The van der Waals surface area contributed by atoms with Gasteiger partial charge in [0, 0.05) is 38.7 Å². The van der Waals surface area contributed by atoms with E-state index in [4.69, 9.17) is 23.8 Å². The number of H-pyrrole nitrogens is 1. The molecule has 2 rings (SSSR count). The molecule has 0 atom stereocenters. The van der Waals surface area contributed by atoms with Crippen LogP contribution < -0.4 is 5.32 Å². The van der Waals surface area contributed by atoms with Gasteiger partial charge in [-0.2, -0.15) is 9.40 Å². The van der Waals surface area contributed by atoms with Crippen LogP contribution in [0.2, 0.25) is 5.02 Å². The Morgan fingerprint density at radius 3 is 2.59 bits per heavy atom. The zero-order valence-electron chi connectivity index (χ0n) is 15.3. The van der Waals surface area contributed by atoms with Crippen molar-refractivity contribution in [2.75, 3.05) is 19.6 Å². The molecule has 1 aromatic heterocycles. The highest BCUT2D eigenvalue weighted by molar-refractivity contribution is 7.89. The van der Waals surface area contributed by atoms with E-state index in [2.05, 4.69) is 15.5 Å². The van der Waals surface area contributed by atoms with Gasteiger partial charge in [0.05, 0.1) is 5.02 Å². The number of carbonyl (C=O) groups excluding carboxylic acids is 1. The molecule has 0 aliphatic rings. The Balaban J connectivity index is 2.15. The zero-order valence-corrected chi connectivity index (χ0v) is 17.7. The van der Waals surface area contributed by atoms with Crippen LogP contribution in [0.4, 0.5) is 0 Å². The number of sulfonamides is 1. The van der Waals surface area contributed by atoms with Crippen LogP contribution in [0.15, 0.2) is 23.1 Å². The average molecular weight is 432 g/mol. The normalized spacial score (nSPS) is 11.7. The number of nitrogens with one attached hydrogen (secondary N) is 2. The smallest absolute Gasteiger partial charge is 0.251 e. The first kappa shape index (κ1) is 21.5. The van der Waals surface area contributed by atoms with E-state index in [0.29, 0.717) is 36.7 Å². The van der Waals surface area contributed by atoms with Crippen molar-refractivity contribution in [1.29, 1.82) is 0 Å². The summed E-state index contributed by atoms with van der Waals surface area (Å²) in [5.41, 5.74) is 0.223. The lowest BCUT2D eigenvalue weighted by Gasteiger charge is -2.19. The summed E-state index contributed by atoms with van der Waals surface area (Å²) in [5.74, 6) is 0.320. The standard InChI is InChI=1S/C16H22ClN5O3S2/c1-4-22(5-2)27(24,25)13-10-11(6-7-12(13)17)15(23)18-9-8-14-19-20-16(26)21(14)3/h6-7,10H,4-5,8-9H2,1-3H3,(H,18,23)(H,20,26).